The van der Waals surface area contributed by atoms with E-state index in [2.05, 4.69) is 17.0 Å². The predicted molar refractivity (Wildman–Crippen MR) is 172 cm³/mol. The first-order valence-corrected chi connectivity index (χ1v) is 17.4. The van der Waals surface area contributed by atoms with Crippen LogP contribution in [-0.2, 0) is 31.4 Å². The first-order valence-electron chi connectivity index (χ1n) is 15.5. The highest BCUT2D eigenvalue weighted by Gasteiger charge is 2.43. The van der Waals surface area contributed by atoms with Crippen LogP contribution in [0.1, 0.15) is 67.4 Å². The van der Waals surface area contributed by atoms with E-state index in [0.717, 1.165) is 61.7 Å². The number of methoxy groups -OCH3 is 1. The van der Waals surface area contributed by atoms with Crippen LogP contribution in [0.25, 0.3) is 0 Å². The maximum absolute atomic E-state index is 13.0. The Morgan fingerprint density at radius 2 is 1.93 bits per heavy atom. The van der Waals surface area contributed by atoms with E-state index < -0.39 is 21.2 Å². The van der Waals surface area contributed by atoms with Crippen molar-refractivity contribution in [1.29, 1.82) is 0 Å². The molecule has 1 fully saturated rings. The highest BCUT2D eigenvalue weighted by Crippen LogP contribution is 2.46. The molecule has 1 heterocycles. The van der Waals surface area contributed by atoms with Crippen molar-refractivity contribution < 1.29 is 27.5 Å². The summed E-state index contributed by atoms with van der Waals surface area (Å²) in [6, 6.07) is 11.7. The van der Waals surface area contributed by atoms with Gasteiger partial charge in [0.15, 0.2) is 0 Å². The second-order valence-electron chi connectivity index (χ2n) is 13.1. The number of rotatable bonds is 9. The Balaban J connectivity index is 1.37. The highest BCUT2D eigenvalue weighted by molar-refractivity contribution is 7.89. The molecule has 2 aliphatic carbocycles. The Morgan fingerprint density at radius 1 is 1.18 bits per heavy atom. The van der Waals surface area contributed by atoms with Crippen LogP contribution in [0.3, 0.4) is 0 Å². The summed E-state index contributed by atoms with van der Waals surface area (Å²) in [5, 5.41) is 5.27. The summed E-state index contributed by atoms with van der Waals surface area (Å²) in [5.41, 5.74) is 3.67. The molecular weight excluding hydrogens is 602 g/mol. The zero-order valence-electron chi connectivity index (χ0n) is 26.1. The third-order valence-electron chi connectivity index (χ3n) is 10.2. The van der Waals surface area contributed by atoms with Gasteiger partial charge in [-0.15, -0.1) is 0 Å². The van der Waals surface area contributed by atoms with Crippen LogP contribution in [0.2, 0.25) is 5.02 Å². The van der Waals surface area contributed by atoms with Crippen LogP contribution in [0.15, 0.2) is 36.4 Å². The molecule has 11 heteroatoms. The van der Waals surface area contributed by atoms with Gasteiger partial charge >= 0.3 is 5.97 Å². The van der Waals surface area contributed by atoms with Crippen molar-refractivity contribution >= 4 is 39.2 Å². The normalized spacial score (nSPS) is 24.2. The molecule has 0 aromatic heterocycles. The summed E-state index contributed by atoms with van der Waals surface area (Å²) >= 11 is 6.39. The molecule has 5 rings (SSSR count). The molecule has 5 atom stereocenters. The van der Waals surface area contributed by atoms with Crippen LogP contribution in [0, 0.1) is 17.8 Å². The lowest BCUT2D eigenvalue weighted by Crippen LogP contribution is -2.49. The second-order valence-corrected chi connectivity index (χ2v) is 15.5. The lowest BCUT2D eigenvalue weighted by Gasteiger charge is -2.45. The molecule has 1 spiro atoms. The van der Waals surface area contributed by atoms with E-state index in [0.29, 0.717) is 30.6 Å². The number of fused-ring (bicyclic) bond motifs is 3. The molecule has 1 amide bonds. The molecule has 240 valence electrons. The van der Waals surface area contributed by atoms with E-state index in [1.54, 1.807) is 31.9 Å². The molecule has 2 aromatic carbocycles. The molecule has 44 heavy (non-hydrogen) atoms. The predicted octanol–water partition coefficient (Wildman–Crippen LogP) is 4.79. The minimum atomic E-state index is -3.71. The summed E-state index contributed by atoms with van der Waals surface area (Å²) in [7, 11) is -0.530. The molecule has 3 aliphatic rings. The van der Waals surface area contributed by atoms with Gasteiger partial charge in [-0.25, -0.2) is 18.4 Å². The molecule has 1 saturated carbocycles. The quantitative estimate of drug-likeness (QED) is 0.390. The van der Waals surface area contributed by atoms with Gasteiger partial charge in [0.1, 0.15) is 5.75 Å². The number of carbonyl (C=O) groups excluding carboxylic acids is 2. The van der Waals surface area contributed by atoms with Crippen molar-refractivity contribution in [1.82, 2.24) is 4.90 Å². The maximum atomic E-state index is 13.0. The fourth-order valence-electron chi connectivity index (χ4n) is 7.14. The van der Waals surface area contributed by atoms with E-state index >= 15 is 0 Å². The SMILES string of the molecule is COC(=O)c1ccc2c(c1)N(C[C@@H]1CC[C@H]1CN(C)C(=O)C[C@@H](C)[C@H](C)S(N)(=O)=O)CC1(CCCc3cc(Cl)ccc31)CO2. The number of anilines is 1. The van der Waals surface area contributed by atoms with E-state index in [1.165, 1.54) is 18.2 Å². The number of nitrogens with two attached hydrogens (primary N) is 1. The maximum Gasteiger partial charge on any atom is 0.337 e. The topological polar surface area (TPSA) is 119 Å². The number of esters is 1. The summed E-state index contributed by atoms with van der Waals surface area (Å²) < 4.78 is 35.1. The van der Waals surface area contributed by atoms with E-state index in [-0.39, 0.29) is 23.7 Å². The van der Waals surface area contributed by atoms with Gasteiger partial charge in [0, 0.05) is 43.5 Å². The van der Waals surface area contributed by atoms with Crippen molar-refractivity contribution in [3.8, 4) is 5.75 Å². The number of hydrogen-bond donors (Lipinski definition) is 1. The lowest BCUT2D eigenvalue weighted by molar-refractivity contribution is -0.132. The third kappa shape index (κ3) is 6.72. The molecular formula is C33H44ClN3O6S. The number of primary sulfonamides is 1. The average Bonchev–Trinajstić information content (AvgIpc) is 3.13. The minimum absolute atomic E-state index is 0.0775. The van der Waals surface area contributed by atoms with Crippen molar-refractivity contribution in [2.75, 3.05) is 45.3 Å². The fraction of sp³-hybridized carbons (Fsp3) is 0.576. The number of nitrogens with zero attached hydrogens (tertiary/aromatic N) is 2. The van der Waals surface area contributed by atoms with Crippen LogP contribution in [0.4, 0.5) is 5.69 Å². The number of ether oxygens (including phenoxy) is 2. The zero-order valence-corrected chi connectivity index (χ0v) is 27.6. The molecule has 0 bridgehead atoms. The Morgan fingerprint density at radius 3 is 2.61 bits per heavy atom. The number of amides is 1. The Labute approximate surface area is 266 Å². The van der Waals surface area contributed by atoms with Gasteiger partial charge in [0.25, 0.3) is 0 Å². The Hall–Kier alpha value is -2.82. The minimum Gasteiger partial charge on any atom is -0.490 e. The second kappa shape index (κ2) is 12.9. The van der Waals surface area contributed by atoms with E-state index in [9.17, 15) is 18.0 Å². The van der Waals surface area contributed by atoms with Crippen molar-refractivity contribution in [3.05, 3.63) is 58.1 Å². The van der Waals surface area contributed by atoms with Gasteiger partial charge in [-0.1, -0.05) is 24.6 Å². The van der Waals surface area contributed by atoms with Crippen LogP contribution < -0.4 is 14.8 Å². The lowest BCUT2D eigenvalue weighted by atomic mass is 9.69. The van der Waals surface area contributed by atoms with Crippen molar-refractivity contribution in [2.45, 2.75) is 63.0 Å². The molecule has 1 unspecified atom stereocenters. The van der Waals surface area contributed by atoms with Crippen LogP contribution in [-0.4, -0.2) is 70.8 Å². The van der Waals surface area contributed by atoms with Gasteiger partial charge in [0.2, 0.25) is 15.9 Å². The Bertz CT molecular complexity index is 1520. The van der Waals surface area contributed by atoms with Crippen molar-refractivity contribution in [3.63, 3.8) is 0 Å². The Kier molecular flexibility index (Phi) is 9.54. The number of sulfonamides is 1. The monoisotopic (exact) mass is 645 g/mol. The zero-order chi connectivity index (χ0) is 31.8. The number of benzene rings is 2. The van der Waals surface area contributed by atoms with E-state index in [1.807, 2.05) is 18.2 Å². The summed E-state index contributed by atoms with van der Waals surface area (Å²) in [4.78, 5) is 29.7. The first-order chi connectivity index (χ1) is 20.8. The van der Waals surface area contributed by atoms with Gasteiger partial charge < -0.3 is 19.3 Å². The number of halogens is 1. The van der Waals surface area contributed by atoms with Crippen LogP contribution >= 0.6 is 11.6 Å². The molecule has 1 aliphatic heterocycles. The summed E-state index contributed by atoms with van der Waals surface area (Å²) in [6.45, 7) is 5.93. The highest BCUT2D eigenvalue weighted by atomic mass is 35.5. The standard InChI is InChI=1S/C33H44ClN3O6S/c1-21(22(2)44(35,40)41)14-31(38)36(3)17-25-7-8-26(25)18-37-19-33(13-5-6-23-15-27(34)10-11-28(23)33)20-43-30-12-9-24(16-29(30)37)32(39)42-4/h9-12,15-16,21-22,25-26H,5-8,13-14,17-20H2,1-4H3,(H2,35,40,41)/t21-,22+,25+,26+,33?/m1/s1. The summed E-state index contributed by atoms with van der Waals surface area (Å²) in [6.07, 6.45) is 5.18. The molecule has 2 aromatic rings. The first kappa shape index (κ1) is 32.6. The van der Waals surface area contributed by atoms with Gasteiger partial charge in [-0.3, -0.25) is 4.79 Å². The number of carbonyl (C=O) groups is 2. The molecule has 9 nitrogen and oxygen atoms in total. The summed E-state index contributed by atoms with van der Waals surface area (Å²) in [5.74, 6) is 0.545. The smallest absolute Gasteiger partial charge is 0.337 e. The molecule has 0 saturated heterocycles. The van der Waals surface area contributed by atoms with E-state index in [4.69, 9.17) is 26.2 Å². The number of aryl methyl sites for hydroxylation is 1. The third-order valence-corrected chi connectivity index (χ3v) is 12.0. The molecule has 0 radical (unpaired) electrons. The van der Waals surface area contributed by atoms with Crippen molar-refractivity contribution in [2.24, 2.45) is 22.9 Å². The fourth-order valence-corrected chi connectivity index (χ4v) is 8.07. The van der Waals surface area contributed by atoms with Crippen LogP contribution in [0.5, 0.6) is 5.75 Å². The van der Waals surface area contributed by atoms with Gasteiger partial charge in [0.05, 0.1) is 30.2 Å². The molecule has 2 N–H and O–H groups in total. The number of hydrogen-bond acceptors (Lipinski definition) is 7. The average molecular weight is 646 g/mol. The van der Waals surface area contributed by atoms with Gasteiger partial charge in [-0.05, 0) is 98.2 Å². The largest absolute Gasteiger partial charge is 0.490 e. The van der Waals surface area contributed by atoms with Gasteiger partial charge in [-0.2, -0.15) is 0 Å².